The first-order valence-electron chi connectivity index (χ1n) is 10.3. The van der Waals surface area contributed by atoms with Crippen LogP contribution >= 0.6 is 11.6 Å². The van der Waals surface area contributed by atoms with E-state index < -0.39 is 0 Å². The van der Waals surface area contributed by atoms with Gasteiger partial charge < -0.3 is 20.1 Å². The van der Waals surface area contributed by atoms with Crippen LogP contribution < -0.4 is 10.6 Å². The molecule has 2 amide bonds. The molecule has 8 heteroatoms. The Kier molecular flexibility index (Phi) is 6.20. The highest BCUT2D eigenvalue weighted by Crippen LogP contribution is 2.25. The fourth-order valence-corrected chi connectivity index (χ4v) is 4.31. The minimum Gasteiger partial charge on any atom is -0.330 e. The van der Waals surface area contributed by atoms with E-state index in [9.17, 15) is 9.59 Å². The number of hydrogen-bond acceptors (Lipinski definition) is 4. The molecule has 1 saturated heterocycles. The van der Waals surface area contributed by atoms with Crippen molar-refractivity contribution < 1.29 is 9.59 Å². The van der Waals surface area contributed by atoms with Gasteiger partial charge in [-0.15, -0.1) is 0 Å². The zero-order valence-corrected chi connectivity index (χ0v) is 17.7. The standard InChI is InChI=1S/C22H26ClN5O2/c1-15-13-27(21(29)10-4-6-16-7-5-11-24-16)14-20-25-12-19(28(15)20)22(30)26-18-9-3-2-8-17(18)23/h2-4,8-10,12,15-16,24H,5-7,11,13-14H2,1H3,(H,26,30)/b10-4+. The molecular weight excluding hydrogens is 402 g/mol. The van der Waals surface area contributed by atoms with Gasteiger partial charge in [-0.3, -0.25) is 9.59 Å². The molecule has 30 heavy (non-hydrogen) atoms. The van der Waals surface area contributed by atoms with Crippen LogP contribution in [-0.2, 0) is 11.3 Å². The number of nitrogens with zero attached hydrogens (tertiary/aromatic N) is 3. The number of amides is 2. The molecule has 0 saturated carbocycles. The summed E-state index contributed by atoms with van der Waals surface area (Å²) in [5, 5.41) is 6.75. The van der Waals surface area contributed by atoms with Gasteiger partial charge in [0.25, 0.3) is 5.91 Å². The summed E-state index contributed by atoms with van der Waals surface area (Å²) in [4.78, 5) is 31.6. The fraction of sp³-hybridized carbons (Fsp3) is 0.409. The van der Waals surface area contributed by atoms with Crippen LogP contribution in [0, 0.1) is 0 Å². The fourth-order valence-electron chi connectivity index (χ4n) is 4.13. The van der Waals surface area contributed by atoms with E-state index in [0.29, 0.717) is 41.4 Å². The summed E-state index contributed by atoms with van der Waals surface area (Å²) in [5.74, 6) is 0.422. The van der Waals surface area contributed by atoms with Gasteiger partial charge in [0.05, 0.1) is 29.5 Å². The lowest BCUT2D eigenvalue weighted by molar-refractivity contribution is -0.128. The van der Waals surface area contributed by atoms with Crippen molar-refractivity contribution in [3.05, 3.63) is 59.2 Å². The molecular formula is C22H26ClN5O2. The van der Waals surface area contributed by atoms with Gasteiger partial charge in [-0.25, -0.2) is 4.98 Å². The Morgan fingerprint density at radius 2 is 2.20 bits per heavy atom. The molecule has 1 fully saturated rings. The third-order valence-corrected chi connectivity index (χ3v) is 5.97. The van der Waals surface area contributed by atoms with E-state index in [-0.39, 0.29) is 17.9 Å². The quantitative estimate of drug-likeness (QED) is 0.717. The Hall–Kier alpha value is -2.64. The molecule has 2 aliphatic rings. The maximum Gasteiger partial charge on any atom is 0.273 e. The summed E-state index contributed by atoms with van der Waals surface area (Å²) in [5.41, 5.74) is 1.02. The molecule has 1 aromatic carbocycles. The number of halogens is 1. The van der Waals surface area contributed by atoms with Gasteiger partial charge in [0.15, 0.2) is 0 Å². The molecule has 0 aliphatic carbocycles. The molecule has 7 nitrogen and oxygen atoms in total. The van der Waals surface area contributed by atoms with E-state index in [1.165, 1.54) is 6.42 Å². The first kappa shape index (κ1) is 20.6. The Morgan fingerprint density at radius 3 is 2.97 bits per heavy atom. The summed E-state index contributed by atoms with van der Waals surface area (Å²) < 4.78 is 1.90. The number of anilines is 1. The average Bonchev–Trinajstić information content (AvgIpc) is 3.39. The van der Waals surface area contributed by atoms with Crippen molar-refractivity contribution in [1.82, 2.24) is 19.8 Å². The van der Waals surface area contributed by atoms with Crippen LogP contribution in [0.4, 0.5) is 5.69 Å². The lowest BCUT2D eigenvalue weighted by Crippen LogP contribution is -2.40. The highest BCUT2D eigenvalue weighted by atomic mass is 35.5. The van der Waals surface area contributed by atoms with Crippen molar-refractivity contribution in [2.45, 2.75) is 44.8 Å². The minimum atomic E-state index is -0.266. The van der Waals surface area contributed by atoms with Crippen molar-refractivity contribution in [2.75, 3.05) is 18.4 Å². The Morgan fingerprint density at radius 1 is 1.37 bits per heavy atom. The van der Waals surface area contributed by atoms with Crippen molar-refractivity contribution in [3.63, 3.8) is 0 Å². The molecule has 2 unspecified atom stereocenters. The first-order chi connectivity index (χ1) is 14.5. The monoisotopic (exact) mass is 427 g/mol. The van der Waals surface area contributed by atoms with Crippen LogP contribution in [0.1, 0.15) is 48.5 Å². The van der Waals surface area contributed by atoms with Crippen LogP contribution in [-0.4, -0.2) is 45.4 Å². The third kappa shape index (κ3) is 4.42. The van der Waals surface area contributed by atoms with Gasteiger partial charge in [0.1, 0.15) is 11.5 Å². The number of aromatic nitrogens is 2. The number of rotatable bonds is 5. The Bertz CT molecular complexity index is 964. The maximum absolute atomic E-state index is 12.8. The van der Waals surface area contributed by atoms with E-state index in [0.717, 1.165) is 19.4 Å². The van der Waals surface area contributed by atoms with E-state index in [4.69, 9.17) is 11.6 Å². The smallest absolute Gasteiger partial charge is 0.273 e. The topological polar surface area (TPSA) is 79.3 Å². The van der Waals surface area contributed by atoms with Crippen molar-refractivity contribution in [1.29, 1.82) is 0 Å². The molecule has 1 aromatic heterocycles. The third-order valence-electron chi connectivity index (χ3n) is 5.64. The lowest BCUT2D eigenvalue weighted by atomic mass is 10.1. The van der Waals surface area contributed by atoms with Crippen LogP contribution in [0.25, 0.3) is 0 Å². The summed E-state index contributed by atoms with van der Waals surface area (Å²) in [6.45, 7) is 3.96. The van der Waals surface area contributed by atoms with Crippen molar-refractivity contribution in [3.8, 4) is 0 Å². The average molecular weight is 428 g/mol. The number of carbonyl (C=O) groups excluding carboxylic acids is 2. The number of nitrogens with one attached hydrogen (secondary N) is 2. The second-order valence-corrected chi connectivity index (χ2v) is 8.27. The molecule has 4 rings (SSSR count). The second kappa shape index (κ2) is 9.02. The van der Waals surface area contributed by atoms with E-state index in [2.05, 4.69) is 15.6 Å². The highest BCUT2D eigenvalue weighted by Gasteiger charge is 2.29. The van der Waals surface area contributed by atoms with Crippen LogP contribution in [0.2, 0.25) is 5.02 Å². The predicted octanol–water partition coefficient (Wildman–Crippen LogP) is 3.39. The Labute approximate surface area is 181 Å². The van der Waals surface area contributed by atoms with E-state index >= 15 is 0 Å². The lowest BCUT2D eigenvalue weighted by Gasteiger charge is -2.32. The zero-order chi connectivity index (χ0) is 21.1. The molecule has 158 valence electrons. The maximum atomic E-state index is 12.8. The van der Waals surface area contributed by atoms with Gasteiger partial charge in [0.2, 0.25) is 5.91 Å². The predicted molar refractivity (Wildman–Crippen MR) is 117 cm³/mol. The zero-order valence-electron chi connectivity index (χ0n) is 17.0. The van der Waals surface area contributed by atoms with Crippen LogP contribution in [0.3, 0.4) is 0 Å². The molecule has 2 aliphatic heterocycles. The van der Waals surface area contributed by atoms with Gasteiger partial charge in [-0.2, -0.15) is 0 Å². The van der Waals surface area contributed by atoms with Crippen molar-refractivity contribution >= 4 is 29.1 Å². The van der Waals surface area contributed by atoms with Gasteiger partial charge in [-0.1, -0.05) is 29.8 Å². The van der Waals surface area contributed by atoms with E-state index in [1.807, 2.05) is 29.7 Å². The number of carbonyl (C=O) groups is 2. The second-order valence-electron chi connectivity index (χ2n) is 7.86. The summed E-state index contributed by atoms with van der Waals surface area (Å²) >= 11 is 6.15. The SMILES string of the molecule is CC1CN(C(=O)/C=C/CC2CCCN2)Cc2ncc(C(=O)Nc3ccccc3Cl)n21. The largest absolute Gasteiger partial charge is 0.330 e. The van der Waals surface area contributed by atoms with Crippen molar-refractivity contribution in [2.24, 2.45) is 0 Å². The molecule has 2 aromatic rings. The first-order valence-corrected chi connectivity index (χ1v) is 10.7. The summed E-state index contributed by atoms with van der Waals surface area (Å²) in [6.07, 6.45) is 8.42. The van der Waals surface area contributed by atoms with Gasteiger partial charge in [0, 0.05) is 12.6 Å². The van der Waals surface area contributed by atoms with E-state index in [1.54, 1.807) is 29.3 Å². The number of fused-ring (bicyclic) bond motifs is 1. The molecule has 0 bridgehead atoms. The van der Waals surface area contributed by atoms with Crippen LogP contribution in [0.5, 0.6) is 0 Å². The molecule has 0 spiro atoms. The summed E-state index contributed by atoms with van der Waals surface area (Å²) in [6, 6.07) is 7.53. The highest BCUT2D eigenvalue weighted by molar-refractivity contribution is 6.33. The molecule has 3 heterocycles. The number of imidazole rings is 1. The molecule has 2 N–H and O–H groups in total. The van der Waals surface area contributed by atoms with Gasteiger partial charge >= 0.3 is 0 Å². The van der Waals surface area contributed by atoms with Crippen LogP contribution in [0.15, 0.2) is 42.6 Å². The number of hydrogen-bond donors (Lipinski definition) is 2. The molecule has 2 atom stereocenters. The Balaban J connectivity index is 1.42. The molecule has 0 radical (unpaired) electrons. The minimum absolute atomic E-state index is 0.0174. The van der Waals surface area contributed by atoms with Gasteiger partial charge in [-0.05, 0) is 50.9 Å². The number of benzene rings is 1. The normalized spacial score (nSPS) is 21.1. The number of para-hydroxylation sites is 1. The summed E-state index contributed by atoms with van der Waals surface area (Å²) in [7, 11) is 0.